The molecule has 2 heterocycles. The first kappa shape index (κ1) is 17.5. The third kappa shape index (κ3) is 4.20. The van der Waals surface area contributed by atoms with Crippen LogP contribution in [-0.4, -0.2) is 44.3 Å². The van der Waals surface area contributed by atoms with Gasteiger partial charge in [0.15, 0.2) is 0 Å². The van der Waals surface area contributed by atoms with Gasteiger partial charge < -0.3 is 10.0 Å². The number of carboxylic acids is 1. The zero-order chi connectivity index (χ0) is 17.8. The third-order valence-electron chi connectivity index (χ3n) is 4.48. The lowest BCUT2D eigenvalue weighted by molar-refractivity contribution is -0.137. The van der Waals surface area contributed by atoms with Crippen molar-refractivity contribution in [1.82, 2.24) is 14.7 Å². The predicted octanol–water partition coefficient (Wildman–Crippen LogP) is 3.39. The fourth-order valence-electron chi connectivity index (χ4n) is 3.22. The largest absolute Gasteiger partial charge is 0.481 e. The van der Waals surface area contributed by atoms with Crippen LogP contribution in [0, 0.1) is 0 Å². The standard InChI is InChI=1S/C18H20ClN3O3/c19-14-4-3-6-16(10-14)22-12-13(11-20-22)18(25)21-9-2-1-5-15(21)7-8-17(23)24/h3-4,6,10-12,15H,1-2,5,7-9H2,(H,23,24). The number of aliphatic carboxylic acids is 1. The molecule has 6 nitrogen and oxygen atoms in total. The summed E-state index contributed by atoms with van der Waals surface area (Å²) in [7, 11) is 0. The highest BCUT2D eigenvalue weighted by Gasteiger charge is 2.28. The van der Waals surface area contributed by atoms with Gasteiger partial charge in [-0.05, 0) is 43.9 Å². The Labute approximate surface area is 151 Å². The molecule has 132 valence electrons. The van der Waals surface area contributed by atoms with E-state index in [-0.39, 0.29) is 18.4 Å². The van der Waals surface area contributed by atoms with Crippen molar-refractivity contribution in [2.75, 3.05) is 6.54 Å². The van der Waals surface area contributed by atoms with Crippen LogP contribution in [0.1, 0.15) is 42.5 Å². The van der Waals surface area contributed by atoms with Crippen LogP contribution in [-0.2, 0) is 4.79 Å². The Morgan fingerprint density at radius 3 is 2.92 bits per heavy atom. The van der Waals surface area contributed by atoms with Gasteiger partial charge in [-0.25, -0.2) is 4.68 Å². The van der Waals surface area contributed by atoms with Gasteiger partial charge in [0.2, 0.25) is 0 Å². The Morgan fingerprint density at radius 2 is 2.16 bits per heavy atom. The molecule has 0 bridgehead atoms. The Bertz CT molecular complexity index is 774. The molecule has 0 radical (unpaired) electrons. The highest BCUT2D eigenvalue weighted by Crippen LogP contribution is 2.23. The van der Waals surface area contributed by atoms with E-state index in [1.54, 1.807) is 34.1 Å². The average Bonchev–Trinajstić information content (AvgIpc) is 3.10. The minimum absolute atomic E-state index is 0.0214. The van der Waals surface area contributed by atoms with Gasteiger partial charge in [0.05, 0.1) is 17.4 Å². The summed E-state index contributed by atoms with van der Waals surface area (Å²) in [4.78, 5) is 25.5. The van der Waals surface area contributed by atoms with E-state index in [2.05, 4.69) is 5.10 Å². The zero-order valence-corrected chi connectivity index (χ0v) is 14.5. The molecule has 25 heavy (non-hydrogen) atoms. The van der Waals surface area contributed by atoms with E-state index < -0.39 is 5.97 Å². The highest BCUT2D eigenvalue weighted by atomic mass is 35.5. The molecule has 2 aromatic rings. The van der Waals surface area contributed by atoms with Gasteiger partial charge in [-0.2, -0.15) is 5.10 Å². The minimum Gasteiger partial charge on any atom is -0.481 e. The molecule has 0 aliphatic carbocycles. The van der Waals surface area contributed by atoms with Gasteiger partial charge in [-0.1, -0.05) is 17.7 Å². The second-order valence-electron chi connectivity index (χ2n) is 6.23. The summed E-state index contributed by atoms with van der Waals surface area (Å²) >= 11 is 6.00. The average molecular weight is 362 g/mol. The number of carboxylic acid groups (broad SMARTS) is 1. The number of rotatable bonds is 5. The second kappa shape index (κ2) is 7.70. The fourth-order valence-corrected chi connectivity index (χ4v) is 3.40. The van der Waals surface area contributed by atoms with Gasteiger partial charge in [0.1, 0.15) is 0 Å². The second-order valence-corrected chi connectivity index (χ2v) is 6.67. The maximum atomic E-state index is 12.9. The number of piperidine rings is 1. The van der Waals surface area contributed by atoms with Crippen molar-refractivity contribution < 1.29 is 14.7 Å². The molecular weight excluding hydrogens is 342 g/mol. The summed E-state index contributed by atoms with van der Waals surface area (Å²) in [6.07, 6.45) is 6.62. The van der Waals surface area contributed by atoms with Crippen molar-refractivity contribution in [3.05, 3.63) is 47.2 Å². The summed E-state index contributed by atoms with van der Waals surface area (Å²) in [6, 6.07) is 7.23. The van der Waals surface area contributed by atoms with Crippen molar-refractivity contribution >= 4 is 23.5 Å². The molecular formula is C18H20ClN3O3. The van der Waals surface area contributed by atoms with E-state index in [4.69, 9.17) is 16.7 Å². The number of halogens is 1. The van der Waals surface area contributed by atoms with Gasteiger partial charge >= 0.3 is 5.97 Å². The Morgan fingerprint density at radius 1 is 1.32 bits per heavy atom. The van der Waals surface area contributed by atoms with E-state index in [1.807, 2.05) is 12.1 Å². The van der Waals surface area contributed by atoms with Crippen molar-refractivity contribution in [3.8, 4) is 5.69 Å². The molecule has 1 unspecified atom stereocenters. The maximum absolute atomic E-state index is 12.9. The fraction of sp³-hybridized carbons (Fsp3) is 0.389. The van der Waals surface area contributed by atoms with Gasteiger partial charge in [0, 0.05) is 30.2 Å². The summed E-state index contributed by atoms with van der Waals surface area (Å²) in [6.45, 7) is 0.658. The van der Waals surface area contributed by atoms with Crippen molar-refractivity contribution in [1.29, 1.82) is 0 Å². The normalized spacial score (nSPS) is 17.5. The molecule has 3 rings (SSSR count). The number of hydrogen-bond acceptors (Lipinski definition) is 3. The number of nitrogens with zero attached hydrogens (tertiary/aromatic N) is 3. The van der Waals surface area contributed by atoms with E-state index in [0.29, 0.717) is 23.6 Å². The van der Waals surface area contributed by atoms with Crippen LogP contribution in [0.3, 0.4) is 0 Å². The molecule has 1 aromatic carbocycles. The first-order chi connectivity index (χ1) is 12.0. The van der Waals surface area contributed by atoms with E-state index in [9.17, 15) is 9.59 Å². The molecule has 1 amide bonds. The third-order valence-corrected chi connectivity index (χ3v) is 4.72. The first-order valence-electron chi connectivity index (χ1n) is 8.38. The zero-order valence-electron chi connectivity index (χ0n) is 13.8. The lowest BCUT2D eigenvalue weighted by atomic mass is 9.97. The predicted molar refractivity (Wildman–Crippen MR) is 94.1 cm³/mol. The summed E-state index contributed by atoms with van der Waals surface area (Å²) < 4.78 is 1.62. The van der Waals surface area contributed by atoms with Crippen molar-refractivity contribution in [2.24, 2.45) is 0 Å². The van der Waals surface area contributed by atoms with E-state index in [0.717, 1.165) is 24.9 Å². The van der Waals surface area contributed by atoms with Crippen LogP contribution in [0.2, 0.25) is 5.02 Å². The highest BCUT2D eigenvalue weighted by molar-refractivity contribution is 6.30. The Kier molecular flexibility index (Phi) is 5.38. The van der Waals surface area contributed by atoms with Gasteiger partial charge in [-0.15, -0.1) is 0 Å². The van der Waals surface area contributed by atoms with Crippen LogP contribution in [0.5, 0.6) is 0 Å². The molecule has 1 aromatic heterocycles. The Balaban J connectivity index is 1.76. The lowest BCUT2D eigenvalue weighted by Gasteiger charge is -2.35. The maximum Gasteiger partial charge on any atom is 0.303 e. The number of carbonyl (C=O) groups is 2. The van der Waals surface area contributed by atoms with Crippen LogP contribution in [0.15, 0.2) is 36.7 Å². The minimum atomic E-state index is -0.827. The van der Waals surface area contributed by atoms with Gasteiger partial charge in [-0.3, -0.25) is 9.59 Å². The van der Waals surface area contributed by atoms with Gasteiger partial charge in [0.25, 0.3) is 5.91 Å². The summed E-state index contributed by atoms with van der Waals surface area (Å²) in [5, 5.41) is 13.8. The molecule has 1 aliphatic rings. The monoisotopic (exact) mass is 361 g/mol. The van der Waals surface area contributed by atoms with E-state index >= 15 is 0 Å². The number of aromatic nitrogens is 2. The van der Waals surface area contributed by atoms with Crippen LogP contribution in [0.4, 0.5) is 0 Å². The molecule has 1 atom stereocenters. The number of hydrogen-bond donors (Lipinski definition) is 1. The van der Waals surface area contributed by atoms with Crippen molar-refractivity contribution in [3.63, 3.8) is 0 Å². The number of benzene rings is 1. The van der Waals surface area contributed by atoms with Crippen molar-refractivity contribution in [2.45, 2.75) is 38.1 Å². The molecule has 1 saturated heterocycles. The topological polar surface area (TPSA) is 75.4 Å². The number of likely N-dealkylation sites (tertiary alicyclic amines) is 1. The molecule has 0 saturated carbocycles. The van der Waals surface area contributed by atoms with Crippen LogP contribution in [0.25, 0.3) is 5.69 Å². The molecule has 7 heteroatoms. The first-order valence-corrected chi connectivity index (χ1v) is 8.76. The number of amides is 1. The molecule has 1 aliphatic heterocycles. The van der Waals surface area contributed by atoms with Crippen LogP contribution >= 0.6 is 11.6 Å². The van der Waals surface area contributed by atoms with Crippen LogP contribution < -0.4 is 0 Å². The quantitative estimate of drug-likeness (QED) is 0.885. The molecule has 1 N–H and O–H groups in total. The van der Waals surface area contributed by atoms with E-state index in [1.165, 1.54) is 0 Å². The molecule has 1 fully saturated rings. The summed E-state index contributed by atoms with van der Waals surface area (Å²) in [5.41, 5.74) is 1.29. The number of carbonyl (C=O) groups excluding carboxylic acids is 1. The smallest absolute Gasteiger partial charge is 0.303 e. The summed E-state index contributed by atoms with van der Waals surface area (Å²) in [5.74, 6) is -0.921. The molecule has 0 spiro atoms. The Hall–Kier alpha value is -2.34. The SMILES string of the molecule is O=C(O)CCC1CCCCN1C(=O)c1cnn(-c2cccc(Cl)c2)c1. The lowest BCUT2D eigenvalue weighted by Crippen LogP contribution is -2.43.